The number of rotatable bonds is 6. The van der Waals surface area contributed by atoms with Gasteiger partial charge in [0, 0.05) is 32.2 Å². The molecule has 43 heavy (non-hydrogen) atoms. The number of hydrogen-bond donors (Lipinski definition) is 0. The average Bonchev–Trinajstić information content (AvgIpc) is 3.68. The van der Waals surface area contributed by atoms with E-state index < -0.39 is 19.8 Å². The minimum Gasteiger partial charge on any atom is -0.576 e. The standard InChI is InChI=1S/C18H16N.C17H13F3N2P.Ir/c1-13-7-6-8-14(2)17(13)16-11-12-19-18(16)15-9-4-3-5-10-15;18-17(19,20)16-11-13(21-22-16)12-23(14-7-3-1-4-8-14)15-9-5-2-6-10-15;/h3-9,11-12,16H,1-2H3;1-11H,12H2;/q2*-1;/p+1. The molecule has 1 atom stereocenters. The molecule has 0 N–H and O–H groups in total. The van der Waals surface area contributed by atoms with Gasteiger partial charge in [-0.3, -0.25) is 0 Å². The summed E-state index contributed by atoms with van der Waals surface area (Å²) in [6.07, 6.45) is 0.109. The van der Waals surface area contributed by atoms with Crippen LogP contribution in [0, 0.1) is 19.9 Å². The molecule has 2 heterocycles. The zero-order chi connectivity index (χ0) is 29.5. The van der Waals surface area contributed by atoms with Crippen molar-refractivity contribution < 1.29 is 33.3 Å². The monoisotopic (exact) mass is 773 g/mol. The van der Waals surface area contributed by atoms with Crippen molar-refractivity contribution in [2.75, 3.05) is 0 Å². The number of halogens is 3. The zero-order valence-corrected chi connectivity index (χ0v) is 27.0. The van der Waals surface area contributed by atoms with Crippen LogP contribution in [0.15, 0.2) is 126 Å². The first-order valence-corrected chi connectivity index (χ1v) is 15.3. The van der Waals surface area contributed by atoms with Crippen molar-refractivity contribution in [3.8, 4) is 0 Å². The Labute approximate surface area is 265 Å². The fourth-order valence-electron chi connectivity index (χ4n) is 5.11. The minimum atomic E-state index is -4.45. The molecule has 1 radical (unpaired) electrons. The van der Waals surface area contributed by atoms with Gasteiger partial charge in [-0.1, -0.05) is 60.7 Å². The molecule has 1 aliphatic rings. The van der Waals surface area contributed by atoms with Gasteiger partial charge in [-0.2, -0.15) is 13.2 Å². The van der Waals surface area contributed by atoms with Crippen LogP contribution in [0.25, 0.3) is 0 Å². The third-order valence-corrected chi connectivity index (χ3v) is 9.88. The van der Waals surface area contributed by atoms with Crippen LogP contribution >= 0.6 is 7.92 Å². The number of aryl methyl sites for hydroxylation is 2. The fraction of sp³-hybridized carbons (Fsp3) is 0.143. The van der Waals surface area contributed by atoms with Gasteiger partial charge in [-0.25, -0.2) is 0 Å². The molecule has 0 spiro atoms. The molecule has 0 fully saturated rings. The molecule has 0 amide bonds. The Morgan fingerprint density at radius 1 is 0.814 bits per heavy atom. The van der Waals surface area contributed by atoms with Crippen molar-refractivity contribution in [2.45, 2.75) is 32.1 Å². The molecule has 4 aromatic carbocycles. The summed E-state index contributed by atoms with van der Waals surface area (Å²) >= 11 is 0. The zero-order valence-electron chi connectivity index (χ0n) is 23.6. The smallest absolute Gasteiger partial charge is 0.431 e. The largest absolute Gasteiger partial charge is 0.576 e. The maximum atomic E-state index is 12.7. The SMILES string of the molecule is Cc1cccc(C)c1C1C=CN=C1c1[c-]cccc1.FC(F)(F)c1cc(C[PH+](c2ccccc2)c2ccccc2)[n-]n1.[Ir]. The van der Waals surface area contributed by atoms with Crippen molar-refractivity contribution in [3.05, 3.63) is 161 Å². The molecule has 1 unspecified atom stereocenters. The van der Waals surface area contributed by atoms with E-state index in [-0.39, 0.29) is 26.0 Å². The van der Waals surface area contributed by atoms with Crippen LogP contribution in [-0.2, 0) is 32.4 Å². The van der Waals surface area contributed by atoms with Gasteiger partial charge in [-0.15, -0.1) is 41.6 Å². The molecule has 8 heteroatoms. The third kappa shape index (κ3) is 8.06. The maximum absolute atomic E-state index is 12.7. The van der Waals surface area contributed by atoms with Crippen LogP contribution in [-0.4, -0.2) is 10.8 Å². The first-order valence-electron chi connectivity index (χ1n) is 13.6. The summed E-state index contributed by atoms with van der Waals surface area (Å²) in [5.74, 6) is 0.250. The van der Waals surface area contributed by atoms with E-state index in [0.717, 1.165) is 28.0 Å². The Morgan fingerprint density at radius 3 is 1.95 bits per heavy atom. The molecule has 1 aromatic heterocycles. The Kier molecular flexibility index (Phi) is 11.0. The summed E-state index contributed by atoms with van der Waals surface area (Å²) < 4.78 is 38.1. The predicted molar refractivity (Wildman–Crippen MR) is 166 cm³/mol. The second kappa shape index (κ2) is 14.7. The Balaban J connectivity index is 0.000000195. The molecule has 1 aliphatic heterocycles. The Hall–Kier alpha value is -3.63. The van der Waals surface area contributed by atoms with E-state index in [0.29, 0.717) is 11.9 Å². The molecule has 0 saturated heterocycles. The molecular formula is C35H30F3IrN3P-. The van der Waals surface area contributed by atoms with Crippen LogP contribution < -0.4 is 15.7 Å². The first kappa shape index (κ1) is 32.3. The van der Waals surface area contributed by atoms with Gasteiger partial charge in [0.25, 0.3) is 0 Å². The minimum absolute atomic E-state index is 0. The molecule has 6 rings (SSSR count). The molecule has 221 valence electrons. The van der Waals surface area contributed by atoms with Crippen LogP contribution in [0.4, 0.5) is 13.2 Å². The maximum Gasteiger partial charge on any atom is 0.431 e. The van der Waals surface area contributed by atoms with Gasteiger partial charge in [0.05, 0.1) is 24.7 Å². The van der Waals surface area contributed by atoms with Gasteiger partial charge in [0.15, 0.2) is 0 Å². The van der Waals surface area contributed by atoms with Crippen LogP contribution in [0.1, 0.15) is 39.6 Å². The Bertz CT molecular complexity index is 1610. The van der Waals surface area contributed by atoms with Crippen molar-refractivity contribution in [2.24, 2.45) is 4.99 Å². The molecule has 0 saturated carbocycles. The number of alkyl halides is 3. The number of hydrogen-bond acceptors (Lipinski definition) is 2. The summed E-state index contributed by atoms with van der Waals surface area (Å²) in [6, 6.07) is 38.5. The summed E-state index contributed by atoms with van der Waals surface area (Å²) in [7, 11) is -1.25. The second-order valence-corrected chi connectivity index (χ2v) is 12.5. The van der Waals surface area contributed by atoms with E-state index in [1.54, 1.807) is 0 Å². The summed E-state index contributed by atoms with van der Waals surface area (Å²) in [6.45, 7) is 4.33. The number of aromatic nitrogens is 2. The van der Waals surface area contributed by atoms with Gasteiger partial charge in [0.1, 0.15) is 5.69 Å². The number of benzene rings is 4. The first-order chi connectivity index (χ1) is 20.3. The quantitative estimate of drug-likeness (QED) is 0.132. The predicted octanol–water partition coefficient (Wildman–Crippen LogP) is 7.62. The van der Waals surface area contributed by atoms with E-state index in [1.807, 2.05) is 85.1 Å². The van der Waals surface area contributed by atoms with E-state index in [9.17, 15) is 13.2 Å². The van der Waals surface area contributed by atoms with Crippen molar-refractivity contribution >= 4 is 24.2 Å². The average molecular weight is 773 g/mol. The van der Waals surface area contributed by atoms with Gasteiger partial charge >= 0.3 is 6.18 Å². The molecule has 5 aromatic rings. The summed E-state index contributed by atoms with van der Waals surface area (Å²) in [4.78, 5) is 4.55. The van der Waals surface area contributed by atoms with E-state index in [1.165, 1.54) is 16.7 Å². The fourth-order valence-corrected chi connectivity index (χ4v) is 7.58. The van der Waals surface area contributed by atoms with Gasteiger partial charge in [-0.05, 0) is 66.6 Å². The van der Waals surface area contributed by atoms with Crippen LogP contribution in [0.5, 0.6) is 0 Å². The van der Waals surface area contributed by atoms with Crippen molar-refractivity contribution in [1.82, 2.24) is 10.2 Å². The third-order valence-electron chi connectivity index (χ3n) is 7.11. The molecule has 0 bridgehead atoms. The van der Waals surface area contributed by atoms with E-state index in [4.69, 9.17) is 0 Å². The van der Waals surface area contributed by atoms with Gasteiger partial charge < -0.3 is 15.2 Å². The van der Waals surface area contributed by atoms with E-state index >= 15 is 0 Å². The van der Waals surface area contributed by atoms with Crippen molar-refractivity contribution in [3.63, 3.8) is 0 Å². The number of nitrogens with zero attached hydrogens (tertiary/aromatic N) is 3. The van der Waals surface area contributed by atoms with E-state index in [2.05, 4.69) is 65.4 Å². The number of aliphatic imine (C=N–C) groups is 1. The van der Waals surface area contributed by atoms with Crippen LogP contribution in [0.3, 0.4) is 0 Å². The molecular weight excluding hydrogens is 743 g/mol. The normalized spacial score (nSPS) is 14.1. The number of allylic oxidation sites excluding steroid dienone is 1. The van der Waals surface area contributed by atoms with Gasteiger partial charge in [0.2, 0.25) is 0 Å². The molecule has 3 nitrogen and oxygen atoms in total. The van der Waals surface area contributed by atoms with Crippen molar-refractivity contribution in [1.29, 1.82) is 0 Å². The topological polar surface area (TPSA) is 39.4 Å². The van der Waals surface area contributed by atoms with Crippen LogP contribution in [0.2, 0.25) is 0 Å². The molecule has 0 aliphatic carbocycles. The summed E-state index contributed by atoms with van der Waals surface area (Å²) in [5, 5.41) is 9.28. The summed E-state index contributed by atoms with van der Waals surface area (Å²) in [5.41, 5.74) is 5.65. The second-order valence-electron chi connectivity index (χ2n) is 10.0. The Morgan fingerprint density at radius 2 is 1.42 bits per heavy atom.